The van der Waals surface area contributed by atoms with Gasteiger partial charge in [0.05, 0.1) is 22.2 Å². The highest BCUT2D eigenvalue weighted by molar-refractivity contribution is 6.30. The highest BCUT2D eigenvalue weighted by Crippen LogP contribution is 2.19. The van der Waals surface area contributed by atoms with Gasteiger partial charge in [0.2, 0.25) is 5.91 Å². The van der Waals surface area contributed by atoms with Crippen LogP contribution in [0.3, 0.4) is 0 Å². The molecule has 0 bridgehead atoms. The third-order valence-corrected chi connectivity index (χ3v) is 4.10. The Kier molecular flexibility index (Phi) is 4.68. The van der Waals surface area contributed by atoms with Gasteiger partial charge in [0.15, 0.2) is 0 Å². The van der Waals surface area contributed by atoms with Crippen molar-refractivity contribution in [3.05, 3.63) is 74.3 Å². The summed E-state index contributed by atoms with van der Waals surface area (Å²) >= 11 is 5.88. The molecule has 0 spiro atoms. The van der Waals surface area contributed by atoms with E-state index in [0.717, 1.165) is 10.6 Å². The van der Waals surface area contributed by atoms with Gasteiger partial charge in [0.25, 0.3) is 11.2 Å². The molecule has 1 atom stereocenters. The molecule has 1 heterocycles. The number of nitro groups is 1. The maximum Gasteiger partial charge on any atom is 0.270 e. The third kappa shape index (κ3) is 3.40. The third-order valence-electron chi connectivity index (χ3n) is 3.87. The number of nitro benzene ring substituents is 1. The number of hydrogen-bond donors (Lipinski definition) is 1. The number of hydrogen-bond acceptors (Lipinski definition) is 5. The van der Waals surface area contributed by atoms with Crippen molar-refractivity contribution < 1.29 is 9.72 Å². The zero-order valence-corrected chi connectivity index (χ0v) is 14.3. The number of nitrogens with one attached hydrogen (secondary N) is 1. The summed E-state index contributed by atoms with van der Waals surface area (Å²) in [6.45, 7) is 1.53. The van der Waals surface area contributed by atoms with Gasteiger partial charge in [-0.3, -0.25) is 24.3 Å². The first kappa shape index (κ1) is 17.6. The summed E-state index contributed by atoms with van der Waals surface area (Å²) in [5.41, 5.74) is 0.0590. The van der Waals surface area contributed by atoms with Crippen molar-refractivity contribution >= 4 is 39.8 Å². The molecular formula is C17H13ClN4O4. The first-order chi connectivity index (χ1) is 12.4. The summed E-state index contributed by atoms with van der Waals surface area (Å²) in [7, 11) is 0. The van der Waals surface area contributed by atoms with Crippen LogP contribution in [0.15, 0.2) is 53.6 Å². The van der Waals surface area contributed by atoms with E-state index in [4.69, 9.17) is 11.6 Å². The van der Waals surface area contributed by atoms with E-state index >= 15 is 0 Å². The van der Waals surface area contributed by atoms with Crippen LogP contribution in [-0.2, 0) is 4.79 Å². The molecule has 0 aliphatic rings. The highest BCUT2D eigenvalue weighted by Gasteiger charge is 2.19. The van der Waals surface area contributed by atoms with Crippen molar-refractivity contribution in [2.24, 2.45) is 0 Å². The fraction of sp³-hybridized carbons (Fsp3) is 0.118. The second-order valence-electron chi connectivity index (χ2n) is 5.59. The van der Waals surface area contributed by atoms with Crippen molar-refractivity contribution in [2.75, 3.05) is 5.32 Å². The number of halogens is 1. The molecule has 1 aromatic heterocycles. The normalized spacial score (nSPS) is 11.9. The standard InChI is InChI=1S/C17H13ClN4O4/c1-10(16(23)20-12-4-2-3-11(18)7-12)21-9-19-15-6-5-13(22(25)26)8-14(15)17(21)24/h2-10H,1H3,(H,20,23)/t10-/m1/s1. The average molecular weight is 373 g/mol. The molecule has 3 aromatic rings. The summed E-state index contributed by atoms with van der Waals surface area (Å²) in [5, 5.41) is 14.1. The molecule has 0 fully saturated rings. The SMILES string of the molecule is C[C@H](C(=O)Nc1cccc(Cl)c1)n1cnc2ccc([N+](=O)[O-])cc2c1=O. The van der Waals surface area contributed by atoms with Gasteiger partial charge in [-0.25, -0.2) is 4.98 Å². The maximum atomic E-state index is 12.7. The number of fused-ring (bicyclic) bond motifs is 1. The van der Waals surface area contributed by atoms with Crippen LogP contribution in [-0.4, -0.2) is 20.4 Å². The Morgan fingerprint density at radius 2 is 2.08 bits per heavy atom. The molecule has 0 aliphatic heterocycles. The Labute approximate surface area is 152 Å². The zero-order chi connectivity index (χ0) is 18.8. The van der Waals surface area contributed by atoms with Crippen molar-refractivity contribution in [1.82, 2.24) is 9.55 Å². The predicted molar refractivity (Wildman–Crippen MR) is 97.5 cm³/mol. The number of carbonyl (C=O) groups excluding carboxylic acids is 1. The van der Waals surface area contributed by atoms with Crippen LogP contribution in [0.4, 0.5) is 11.4 Å². The summed E-state index contributed by atoms with van der Waals surface area (Å²) in [6, 6.07) is 9.56. The Bertz CT molecular complexity index is 1080. The molecule has 1 amide bonds. The van der Waals surface area contributed by atoms with Crippen LogP contribution in [0, 0.1) is 10.1 Å². The summed E-state index contributed by atoms with van der Waals surface area (Å²) in [5.74, 6) is -0.444. The molecule has 0 radical (unpaired) electrons. The summed E-state index contributed by atoms with van der Waals surface area (Å²) in [4.78, 5) is 39.5. The molecule has 0 aliphatic carbocycles. The van der Waals surface area contributed by atoms with E-state index in [0.29, 0.717) is 16.2 Å². The first-order valence-electron chi connectivity index (χ1n) is 7.58. The Morgan fingerprint density at radius 1 is 1.31 bits per heavy atom. The van der Waals surface area contributed by atoms with Gasteiger partial charge in [-0.2, -0.15) is 0 Å². The topological polar surface area (TPSA) is 107 Å². The largest absolute Gasteiger partial charge is 0.324 e. The van der Waals surface area contributed by atoms with Crippen molar-refractivity contribution in [3.8, 4) is 0 Å². The highest BCUT2D eigenvalue weighted by atomic mass is 35.5. The lowest BCUT2D eigenvalue weighted by Gasteiger charge is -2.15. The Balaban J connectivity index is 1.96. The van der Waals surface area contributed by atoms with E-state index in [1.165, 1.54) is 25.4 Å². The van der Waals surface area contributed by atoms with Crippen molar-refractivity contribution in [3.63, 3.8) is 0 Å². The molecule has 1 N–H and O–H groups in total. The van der Waals surface area contributed by atoms with E-state index in [2.05, 4.69) is 10.3 Å². The minimum atomic E-state index is -0.877. The number of benzene rings is 2. The lowest BCUT2D eigenvalue weighted by molar-refractivity contribution is -0.384. The molecule has 0 unspecified atom stereocenters. The van der Waals surface area contributed by atoms with Gasteiger partial charge in [-0.1, -0.05) is 17.7 Å². The molecule has 132 valence electrons. The average Bonchev–Trinajstić information content (AvgIpc) is 2.61. The predicted octanol–water partition coefficient (Wildman–Crippen LogP) is 3.16. The zero-order valence-electron chi connectivity index (χ0n) is 13.5. The van der Waals surface area contributed by atoms with E-state index in [-0.39, 0.29) is 11.1 Å². The van der Waals surface area contributed by atoms with E-state index in [1.807, 2.05) is 0 Å². The van der Waals surface area contributed by atoms with Gasteiger partial charge in [-0.15, -0.1) is 0 Å². The van der Waals surface area contributed by atoms with E-state index in [1.54, 1.807) is 24.3 Å². The smallest absolute Gasteiger partial charge is 0.270 e. The molecule has 2 aromatic carbocycles. The molecule has 3 rings (SSSR count). The molecule has 8 nitrogen and oxygen atoms in total. The quantitative estimate of drug-likeness (QED) is 0.559. The van der Waals surface area contributed by atoms with Crippen LogP contribution in [0.2, 0.25) is 5.02 Å². The van der Waals surface area contributed by atoms with Crippen LogP contribution < -0.4 is 10.9 Å². The van der Waals surface area contributed by atoms with Crippen LogP contribution >= 0.6 is 11.6 Å². The van der Waals surface area contributed by atoms with E-state index in [9.17, 15) is 19.7 Å². The molecule has 0 saturated heterocycles. The molecule has 26 heavy (non-hydrogen) atoms. The molecular weight excluding hydrogens is 360 g/mol. The van der Waals surface area contributed by atoms with Crippen LogP contribution in [0.25, 0.3) is 10.9 Å². The van der Waals surface area contributed by atoms with Gasteiger partial charge in [0, 0.05) is 22.8 Å². The van der Waals surface area contributed by atoms with Gasteiger partial charge in [-0.05, 0) is 31.2 Å². The van der Waals surface area contributed by atoms with Gasteiger partial charge < -0.3 is 5.32 Å². The van der Waals surface area contributed by atoms with Crippen molar-refractivity contribution in [2.45, 2.75) is 13.0 Å². The number of nitrogens with zero attached hydrogens (tertiary/aromatic N) is 3. The summed E-state index contributed by atoms with van der Waals surface area (Å²) in [6.07, 6.45) is 1.25. The fourth-order valence-corrected chi connectivity index (χ4v) is 2.64. The lowest BCUT2D eigenvalue weighted by atomic mass is 10.2. The minimum Gasteiger partial charge on any atom is -0.324 e. The van der Waals surface area contributed by atoms with Crippen LogP contribution in [0.1, 0.15) is 13.0 Å². The Morgan fingerprint density at radius 3 is 2.77 bits per heavy atom. The maximum absolute atomic E-state index is 12.7. The number of carbonyl (C=O) groups is 1. The second-order valence-corrected chi connectivity index (χ2v) is 6.03. The lowest BCUT2D eigenvalue weighted by Crippen LogP contribution is -2.31. The number of non-ortho nitro benzene ring substituents is 1. The molecule has 9 heteroatoms. The number of anilines is 1. The fourth-order valence-electron chi connectivity index (χ4n) is 2.45. The number of aromatic nitrogens is 2. The van der Waals surface area contributed by atoms with E-state index < -0.39 is 22.4 Å². The van der Waals surface area contributed by atoms with Crippen LogP contribution in [0.5, 0.6) is 0 Å². The first-order valence-corrected chi connectivity index (χ1v) is 7.96. The monoisotopic (exact) mass is 372 g/mol. The van der Waals surface area contributed by atoms with Gasteiger partial charge >= 0.3 is 0 Å². The Hall–Kier alpha value is -3.26. The summed E-state index contributed by atoms with van der Waals surface area (Å²) < 4.78 is 1.13. The second kappa shape index (κ2) is 6.93. The minimum absolute atomic E-state index is 0.0732. The van der Waals surface area contributed by atoms with Gasteiger partial charge in [0.1, 0.15) is 6.04 Å². The molecule has 0 saturated carbocycles. The number of rotatable bonds is 4. The van der Waals surface area contributed by atoms with Crippen molar-refractivity contribution in [1.29, 1.82) is 0 Å². The number of amides is 1.